The van der Waals surface area contributed by atoms with Gasteiger partial charge in [0.1, 0.15) is 5.82 Å². The lowest BCUT2D eigenvalue weighted by atomic mass is 10.1. The Kier molecular flexibility index (Phi) is 6.13. The van der Waals surface area contributed by atoms with Crippen molar-refractivity contribution in [3.63, 3.8) is 0 Å². The molecule has 0 aliphatic carbocycles. The largest absolute Gasteiger partial charge is 0.348 e. The van der Waals surface area contributed by atoms with E-state index < -0.39 is 0 Å². The van der Waals surface area contributed by atoms with Crippen LogP contribution in [-0.2, 0) is 11.3 Å². The molecule has 0 unspecified atom stereocenters. The average molecular weight is 335 g/mol. The number of rotatable bonds is 6. The molecule has 0 bridgehead atoms. The third-order valence-electron chi connectivity index (χ3n) is 3.58. The van der Waals surface area contributed by atoms with Crippen molar-refractivity contribution < 1.29 is 9.18 Å². The van der Waals surface area contributed by atoms with Crippen molar-refractivity contribution in [2.45, 2.75) is 19.5 Å². The number of nitrogens with one attached hydrogen (secondary N) is 1. The monoisotopic (exact) mass is 334 g/mol. The lowest BCUT2D eigenvalue weighted by molar-refractivity contribution is -0.122. The van der Waals surface area contributed by atoms with Crippen LogP contribution in [0.4, 0.5) is 4.39 Å². The van der Waals surface area contributed by atoms with Crippen LogP contribution in [0.5, 0.6) is 0 Å². The zero-order valence-electron chi connectivity index (χ0n) is 13.2. The van der Waals surface area contributed by atoms with Crippen LogP contribution in [0.2, 0.25) is 5.02 Å². The molecule has 5 heteroatoms. The van der Waals surface area contributed by atoms with Gasteiger partial charge < -0.3 is 5.32 Å². The summed E-state index contributed by atoms with van der Waals surface area (Å²) in [6, 6.07) is 14.2. The van der Waals surface area contributed by atoms with Gasteiger partial charge in [0.05, 0.1) is 12.6 Å². The first-order chi connectivity index (χ1) is 11.0. The summed E-state index contributed by atoms with van der Waals surface area (Å²) < 4.78 is 13.8. The van der Waals surface area contributed by atoms with Crippen LogP contribution in [0, 0.1) is 5.82 Å². The zero-order valence-corrected chi connectivity index (χ0v) is 14.0. The molecule has 2 aromatic carbocycles. The van der Waals surface area contributed by atoms with Crippen LogP contribution in [0.25, 0.3) is 0 Å². The third kappa shape index (κ3) is 5.05. The van der Waals surface area contributed by atoms with Gasteiger partial charge in [0.2, 0.25) is 5.91 Å². The van der Waals surface area contributed by atoms with E-state index in [1.54, 1.807) is 24.1 Å². The Balaban J connectivity index is 1.90. The molecule has 0 aliphatic rings. The van der Waals surface area contributed by atoms with Gasteiger partial charge in [-0.1, -0.05) is 48.0 Å². The molecule has 0 aromatic heterocycles. The summed E-state index contributed by atoms with van der Waals surface area (Å²) >= 11 is 6.01. The molecule has 1 amide bonds. The fourth-order valence-electron chi connectivity index (χ4n) is 2.37. The van der Waals surface area contributed by atoms with Crippen molar-refractivity contribution in [2.75, 3.05) is 13.6 Å². The molecule has 23 heavy (non-hydrogen) atoms. The van der Waals surface area contributed by atoms with Crippen molar-refractivity contribution in [3.8, 4) is 0 Å². The van der Waals surface area contributed by atoms with Gasteiger partial charge in [0, 0.05) is 17.1 Å². The van der Waals surface area contributed by atoms with Gasteiger partial charge in [-0.15, -0.1) is 0 Å². The first-order valence-electron chi connectivity index (χ1n) is 7.43. The normalized spacial score (nSPS) is 12.2. The molecule has 0 fully saturated rings. The molecule has 0 aliphatic heterocycles. The van der Waals surface area contributed by atoms with Crippen molar-refractivity contribution >= 4 is 17.5 Å². The van der Waals surface area contributed by atoms with Gasteiger partial charge in [-0.2, -0.15) is 0 Å². The second-order valence-corrected chi connectivity index (χ2v) is 5.98. The molecule has 1 N–H and O–H groups in total. The van der Waals surface area contributed by atoms with E-state index in [4.69, 9.17) is 11.6 Å². The summed E-state index contributed by atoms with van der Waals surface area (Å²) in [4.78, 5) is 13.9. The summed E-state index contributed by atoms with van der Waals surface area (Å²) in [5, 5.41) is 3.31. The number of carbonyl (C=O) groups excluding carboxylic acids is 1. The predicted octanol–water partition coefficient (Wildman–Crippen LogP) is 3.79. The standard InChI is InChI=1S/C18H20ClFN2O/c1-13(14-7-4-3-5-8-14)21-18(23)12-22(2)11-15-16(19)9-6-10-17(15)20/h3-10,13H,11-12H2,1-2H3,(H,21,23)/t13-/m1/s1. The molecule has 122 valence electrons. The fourth-order valence-corrected chi connectivity index (χ4v) is 2.59. The maximum absolute atomic E-state index is 13.8. The zero-order chi connectivity index (χ0) is 16.8. The van der Waals surface area contributed by atoms with Crippen molar-refractivity contribution in [1.82, 2.24) is 10.2 Å². The average Bonchev–Trinajstić information content (AvgIpc) is 2.51. The quantitative estimate of drug-likeness (QED) is 0.871. The molecular formula is C18H20ClFN2O. The molecule has 1 atom stereocenters. The summed E-state index contributed by atoms with van der Waals surface area (Å²) in [5.74, 6) is -0.473. The van der Waals surface area contributed by atoms with Gasteiger partial charge in [-0.3, -0.25) is 9.69 Å². The smallest absolute Gasteiger partial charge is 0.234 e. The number of amides is 1. The number of likely N-dealkylation sites (N-methyl/N-ethyl adjacent to an activating group) is 1. The van der Waals surface area contributed by atoms with Crippen LogP contribution < -0.4 is 5.32 Å². The first kappa shape index (κ1) is 17.4. The highest BCUT2D eigenvalue weighted by Crippen LogP contribution is 2.20. The minimum Gasteiger partial charge on any atom is -0.348 e. The predicted molar refractivity (Wildman–Crippen MR) is 90.7 cm³/mol. The second kappa shape index (κ2) is 8.09. The SMILES string of the molecule is C[C@@H](NC(=O)CN(C)Cc1c(F)cccc1Cl)c1ccccc1. The number of halogens is 2. The highest BCUT2D eigenvalue weighted by atomic mass is 35.5. The first-order valence-corrected chi connectivity index (χ1v) is 7.81. The van der Waals surface area contributed by atoms with E-state index in [1.807, 2.05) is 37.3 Å². The van der Waals surface area contributed by atoms with Crippen LogP contribution in [0.3, 0.4) is 0 Å². The molecule has 3 nitrogen and oxygen atoms in total. The van der Waals surface area contributed by atoms with E-state index in [0.717, 1.165) is 5.56 Å². The highest BCUT2D eigenvalue weighted by molar-refractivity contribution is 6.31. The minimum atomic E-state index is -0.359. The van der Waals surface area contributed by atoms with Gasteiger partial charge in [0.15, 0.2) is 0 Å². The number of hydrogen-bond donors (Lipinski definition) is 1. The Hall–Kier alpha value is -1.91. The molecule has 0 saturated heterocycles. The number of hydrogen-bond acceptors (Lipinski definition) is 2. The second-order valence-electron chi connectivity index (χ2n) is 5.57. The van der Waals surface area contributed by atoms with Crippen LogP contribution in [0.1, 0.15) is 24.1 Å². The summed E-state index contributed by atoms with van der Waals surface area (Å²) in [6.45, 7) is 2.38. The summed E-state index contributed by atoms with van der Waals surface area (Å²) in [6.07, 6.45) is 0. The Morgan fingerprint density at radius 1 is 1.22 bits per heavy atom. The van der Waals surface area contributed by atoms with E-state index in [0.29, 0.717) is 10.6 Å². The van der Waals surface area contributed by atoms with Crippen LogP contribution >= 0.6 is 11.6 Å². The molecule has 2 aromatic rings. The molecular weight excluding hydrogens is 315 g/mol. The number of nitrogens with zero attached hydrogens (tertiary/aromatic N) is 1. The van der Waals surface area contributed by atoms with E-state index in [2.05, 4.69) is 5.32 Å². The van der Waals surface area contributed by atoms with E-state index in [1.165, 1.54) is 6.07 Å². The fraction of sp³-hybridized carbons (Fsp3) is 0.278. The number of carbonyl (C=O) groups is 1. The van der Waals surface area contributed by atoms with Crippen LogP contribution in [-0.4, -0.2) is 24.4 Å². The van der Waals surface area contributed by atoms with Crippen LogP contribution in [0.15, 0.2) is 48.5 Å². The van der Waals surface area contributed by atoms with Crippen molar-refractivity contribution in [2.24, 2.45) is 0 Å². The summed E-state index contributed by atoms with van der Waals surface area (Å²) in [5.41, 5.74) is 1.45. The minimum absolute atomic E-state index is 0.0749. The maximum atomic E-state index is 13.8. The Bertz CT molecular complexity index is 643. The van der Waals surface area contributed by atoms with Gasteiger partial charge in [0.25, 0.3) is 0 Å². The molecule has 0 radical (unpaired) electrons. The lowest BCUT2D eigenvalue weighted by Gasteiger charge is -2.20. The third-order valence-corrected chi connectivity index (χ3v) is 3.93. The molecule has 0 spiro atoms. The van der Waals surface area contributed by atoms with E-state index >= 15 is 0 Å². The Labute approximate surface area is 141 Å². The molecule has 2 rings (SSSR count). The molecule has 0 saturated carbocycles. The number of benzene rings is 2. The van der Waals surface area contributed by atoms with E-state index in [9.17, 15) is 9.18 Å². The highest BCUT2D eigenvalue weighted by Gasteiger charge is 2.14. The van der Waals surface area contributed by atoms with E-state index in [-0.39, 0.29) is 30.9 Å². The van der Waals surface area contributed by atoms with Crippen molar-refractivity contribution in [1.29, 1.82) is 0 Å². The lowest BCUT2D eigenvalue weighted by Crippen LogP contribution is -2.36. The van der Waals surface area contributed by atoms with Crippen molar-refractivity contribution in [3.05, 3.63) is 70.5 Å². The molecule has 0 heterocycles. The topological polar surface area (TPSA) is 32.3 Å². The van der Waals surface area contributed by atoms with Gasteiger partial charge >= 0.3 is 0 Å². The van der Waals surface area contributed by atoms with Gasteiger partial charge in [-0.25, -0.2) is 4.39 Å². The Morgan fingerprint density at radius 2 is 1.91 bits per heavy atom. The summed E-state index contributed by atoms with van der Waals surface area (Å²) in [7, 11) is 1.76. The maximum Gasteiger partial charge on any atom is 0.234 e. The van der Waals surface area contributed by atoms with Gasteiger partial charge in [-0.05, 0) is 31.7 Å². The Morgan fingerprint density at radius 3 is 2.57 bits per heavy atom.